The van der Waals surface area contributed by atoms with Crippen LogP contribution in [0.1, 0.15) is 39.7 Å². The maximum atomic E-state index is 14.1. The Labute approximate surface area is 165 Å². The molecule has 0 radical (unpaired) electrons. The molecule has 2 heterocycles. The van der Waals surface area contributed by atoms with Gasteiger partial charge >= 0.3 is 0 Å². The number of aldehydes is 1. The first-order valence-electron chi connectivity index (χ1n) is 9.72. The highest BCUT2D eigenvalue weighted by molar-refractivity contribution is 5.90. The van der Waals surface area contributed by atoms with Gasteiger partial charge in [0.05, 0.1) is 11.1 Å². The van der Waals surface area contributed by atoms with Crippen molar-refractivity contribution in [1.82, 2.24) is 9.47 Å². The van der Waals surface area contributed by atoms with E-state index in [1.807, 2.05) is 6.92 Å². The standard InChI is InChI=1S/C24H25FN2O/c1-16-4-7-23-21(12-16)20-8-10-26(3)11-9-24(20)27(23)14-17(2)18-5-6-19(15-28)22(25)13-18/h4-7,12-15H,8-11H2,1-3H3/b17-14+. The molecule has 0 unspecified atom stereocenters. The molecular formula is C24H25FN2O. The van der Waals surface area contributed by atoms with Gasteiger partial charge in [-0.15, -0.1) is 0 Å². The number of nitrogens with zero attached hydrogens (tertiary/aromatic N) is 2. The van der Waals surface area contributed by atoms with E-state index < -0.39 is 5.82 Å². The highest BCUT2D eigenvalue weighted by atomic mass is 19.1. The fourth-order valence-electron chi connectivity index (χ4n) is 4.09. The molecule has 1 aliphatic rings. The van der Waals surface area contributed by atoms with Crippen LogP contribution in [0.25, 0.3) is 22.7 Å². The number of likely N-dealkylation sites (N-methyl/N-ethyl adjacent to an activating group) is 1. The van der Waals surface area contributed by atoms with Crippen molar-refractivity contribution in [3.05, 3.63) is 70.2 Å². The fourth-order valence-corrected chi connectivity index (χ4v) is 4.09. The Morgan fingerprint density at radius 3 is 2.64 bits per heavy atom. The largest absolute Gasteiger partial charge is 0.320 e. The number of rotatable bonds is 3. The Bertz CT molecular complexity index is 1090. The van der Waals surface area contributed by atoms with Gasteiger partial charge in [0.2, 0.25) is 0 Å². The Kier molecular flexibility index (Phi) is 4.90. The van der Waals surface area contributed by atoms with Crippen LogP contribution in [0.3, 0.4) is 0 Å². The van der Waals surface area contributed by atoms with Crippen LogP contribution in [0.5, 0.6) is 0 Å². The van der Waals surface area contributed by atoms with Crippen LogP contribution < -0.4 is 0 Å². The lowest BCUT2D eigenvalue weighted by Crippen LogP contribution is -2.21. The second kappa shape index (κ2) is 7.36. The zero-order valence-corrected chi connectivity index (χ0v) is 16.6. The second-order valence-electron chi connectivity index (χ2n) is 7.79. The van der Waals surface area contributed by atoms with Gasteiger partial charge in [0.25, 0.3) is 0 Å². The van der Waals surface area contributed by atoms with Crippen LogP contribution in [0.2, 0.25) is 0 Å². The third-order valence-corrected chi connectivity index (χ3v) is 5.76. The summed E-state index contributed by atoms with van der Waals surface area (Å²) in [5.74, 6) is -0.478. The molecule has 1 aromatic heterocycles. The molecule has 3 nitrogen and oxygen atoms in total. The molecule has 0 atom stereocenters. The summed E-state index contributed by atoms with van der Waals surface area (Å²) in [7, 11) is 2.17. The van der Waals surface area contributed by atoms with Gasteiger partial charge in [0.15, 0.2) is 6.29 Å². The van der Waals surface area contributed by atoms with Crippen LogP contribution in [0, 0.1) is 12.7 Å². The minimum absolute atomic E-state index is 0.0929. The number of aromatic nitrogens is 1. The molecule has 28 heavy (non-hydrogen) atoms. The van der Waals surface area contributed by atoms with Crippen molar-refractivity contribution in [2.24, 2.45) is 0 Å². The van der Waals surface area contributed by atoms with Gasteiger partial charge in [-0.25, -0.2) is 4.39 Å². The lowest BCUT2D eigenvalue weighted by Gasteiger charge is -2.13. The van der Waals surface area contributed by atoms with Crippen LogP contribution in [-0.4, -0.2) is 35.9 Å². The molecule has 3 aromatic rings. The Hall–Kier alpha value is -2.72. The molecule has 0 spiro atoms. The van der Waals surface area contributed by atoms with Crippen molar-refractivity contribution in [3.8, 4) is 0 Å². The van der Waals surface area contributed by atoms with Crippen LogP contribution in [0.4, 0.5) is 4.39 Å². The molecule has 144 valence electrons. The molecule has 4 rings (SSSR count). The summed E-state index contributed by atoms with van der Waals surface area (Å²) >= 11 is 0. The summed E-state index contributed by atoms with van der Waals surface area (Å²) in [5.41, 5.74) is 7.08. The molecule has 0 bridgehead atoms. The van der Waals surface area contributed by atoms with Gasteiger partial charge in [0, 0.05) is 36.8 Å². The number of carbonyl (C=O) groups excluding carboxylic acids is 1. The number of halogens is 1. The van der Waals surface area contributed by atoms with E-state index >= 15 is 0 Å². The van der Waals surface area contributed by atoms with Crippen molar-refractivity contribution >= 4 is 29.0 Å². The Morgan fingerprint density at radius 1 is 1.11 bits per heavy atom. The summed E-state index contributed by atoms with van der Waals surface area (Å²) in [6, 6.07) is 11.4. The first-order chi connectivity index (χ1) is 13.5. The van der Waals surface area contributed by atoms with Gasteiger partial charge in [0.1, 0.15) is 5.82 Å². The summed E-state index contributed by atoms with van der Waals surface area (Å²) in [5, 5.41) is 1.32. The number of carbonyl (C=O) groups is 1. The average molecular weight is 376 g/mol. The molecular weight excluding hydrogens is 351 g/mol. The zero-order chi connectivity index (χ0) is 19.8. The van der Waals surface area contributed by atoms with Gasteiger partial charge in [-0.05, 0) is 68.3 Å². The topological polar surface area (TPSA) is 25.2 Å². The quantitative estimate of drug-likeness (QED) is 0.604. The van der Waals surface area contributed by atoms with E-state index in [9.17, 15) is 9.18 Å². The molecule has 1 aliphatic heterocycles. The molecule has 0 aliphatic carbocycles. The fraction of sp³-hybridized carbons (Fsp3) is 0.292. The van der Waals surface area contributed by atoms with Crippen LogP contribution >= 0.6 is 0 Å². The smallest absolute Gasteiger partial charge is 0.152 e. The summed E-state index contributed by atoms with van der Waals surface area (Å²) < 4.78 is 16.4. The van der Waals surface area contributed by atoms with E-state index in [2.05, 4.69) is 47.8 Å². The molecule has 0 N–H and O–H groups in total. The maximum absolute atomic E-state index is 14.1. The predicted molar refractivity (Wildman–Crippen MR) is 113 cm³/mol. The lowest BCUT2D eigenvalue weighted by atomic mass is 10.1. The van der Waals surface area contributed by atoms with E-state index in [1.165, 1.54) is 33.8 Å². The van der Waals surface area contributed by atoms with Crippen molar-refractivity contribution in [3.63, 3.8) is 0 Å². The monoisotopic (exact) mass is 376 g/mol. The number of aryl methyl sites for hydroxylation is 1. The number of benzene rings is 2. The Morgan fingerprint density at radius 2 is 1.89 bits per heavy atom. The predicted octanol–water partition coefficient (Wildman–Crippen LogP) is 4.95. The Balaban J connectivity index is 1.87. The molecule has 4 heteroatoms. The highest BCUT2D eigenvalue weighted by Crippen LogP contribution is 2.31. The average Bonchev–Trinajstić information content (AvgIpc) is 2.81. The van der Waals surface area contributed by atoms with Crippen molar-refractivity contribution < 1.29 is 9.18 Å². The lowest BCUT2D eigenvalue weighted by molar-refractivity contribution is 0.112. The number of hydrogen-bond donors (Lipinski definition) is 0. The number of hydrogen-bond acceptors (Lipinski definition) is 2. The molecule has 0 saturated carbocycles. The van der Waals surface area contributed by atoms with Crippen LogP contribution in [-0.2, 0) is 12.8 Å². The minimum atomic E-state index is -0.478. The third kappa shape index (κ3) is 3.29. The van der Waals surface area contributed by atoms with E-state index in [1.54, 1.807) is 12.1 Å². The zero-order valence-electron chi connectivity index (χ0n) is 16.6. The minimum Gasteiger partial charge on any atom is -0.320 e. The first-order valence-corrected chi connectivity index (χ1v) is 9.72. The van der Waals surface area contributed by atoms with Gasteiger partial charge in [-0.3, -0.25) is 4.79 Å². The number of allylic oxidation sites excluding steroid dienone is 1. The molecule has 0 saturated heterocycles. The van der Waals surface area contributed by atoms with Crippen molar-refractivity contribution in [2.45, 2.75) is 26.7 Å². The number of fused-ring (bicyclic) bond motifs is 3. The summed E-state index contributed by atoms with van der Waals surface area (Å²) in [6.07, 6.45) is 4.68. The van der Waals surface area contributed by atoms with Gasteiger partial charge in [-0.2, -0.15) is 0 Å². The van der Waals surface area contributed by atoms with Crippen LogP contribution in [0.15, 0.2) is 36.4 Å². The van der Waals surface area contributed by atoms with Gasteiger partial charge in [-0.1, -0.05) is 17.7 Å². The highest BCUT2D eigenvalue weighted by Gasteiger charge is 2.20. The third-order valence-electron chi connectivity index (χ3n) is 5.76. The van der Waals surface area contributed by atoms with Gasteiger partial charge < -0.3 is 9.47 Å². The SMILES string of the molecule is C/C(=C\n1c2c(c3cc(C)ccc31)CCN(C)CC2)c1ccc(C=O)c(F)c1. The normalized spacial score (nSPS) is 15.5. The van der Waals surface area contributed by atoms with E-state index in [0.717, 1.165) is 37.1 Å². The molecule has 0 fully saturated rings. The molecule has 0 amide bonds. The van der Waals surface area contributed by atoms with Crippen molar-refractivity contribution in [2.75, 3.05) is 20.1 Å². The maximum Gasteiger partial charge on any atom is 0.152 e. The first kappa shape index (κ1) is 18.6. The van der Waals surface area contributed by atoms with E-state index in [-0.39, 0.29) is 5.56 Å². The molecule has 2 aromatic carbocycles. The summed E-state index contributed by atoms with van der Waals surface area (Å²) in [4.78, 5) is 13.3. The summed E-state index contributed by atoms with van der Waals surface area (Å²) in [6.45, 7) is 6.20. The van der Waals surface area contributed by atoms with E-state index in [0.29, 0.717) is 6.29 Å². The van der Waals surface area contributed by atoms with Crippen molar-refractivity contribution in [1.29, 1.82) is 0 Å². The van der Waals surface area contributed by atoms with E-state index in [4.69, 9.17) is 0 Å². The second-order valence-corrected chi connectivity index (χ2v) is 7.79.